The zero-order chi connectivity index (χ0) is 17.9. The standard InChI is InChI=1S/C13H14F3N7O/c1-23(4-8-20-12(17)22-13(18)21-8)5-9(24)19-7-3-2-6(14)10(15)11(7)16/h2-3H,4-5H2,1H3,(H,19,24)(H4,17,18,20,21,22)/p+1. The molecule has 11 heteroatoms. The molecule has 0 saturated carbocycles. The van der Waals surface area contributed by atoms with Crippen molar-refractivity contribution in [3.8, 4) is 0 Å². The summed E-state index contributed by atoms with van der Waals surface area (Å²) < 4.78 is 39.5. The first-order valence-corrected chi connectivity index (χ1v) is 6.76. The van der Waals surface area contributed by atoms with Crippen LogP contribution in [0, 0.1) is 17.5 Å². The Morgan fingerprint density at radius 1 is 1.12 bits per heavy atom. The molecule has 0 fully saturated rings. The summed E-state index contributed by atoms with van der Waals surface area (Å²) in [7, 11) is 1.65. The number of hydrogen-bond donors (Lipinski definition) is 4. The van der Waals surface area contributed by atoms with Crippen molar-refractivity contribution in [1.29, 1.82) is 0 Å². The van der Waals surface area contributed by atoms with Gasteiger partial charge in [-0.3, -0.25) is 4.79 Å². The van der Waals surface area contributed by atoms with Gasteiger partial charge in [-0.15, -0.1) is 0 Å². The molecule has 1 atom stereocenters. The normalized spacial score (nSPS) is 12.0. The maximum atomic E-state index is 13.5. The van der Waals surface area contributed by atoms with Crippen molar-refractivity contribution in [2.24, 2.45) is 0 Å². The number of nitrogen functional groups attached to an aromatic ring is 2. The number of aromatic nitrogens is 3. The number of carbonyl (C=O) groups is 1. The maximum Gasteiger partial charge on any atom is 0.279 e. The lowest BCUT2D eigenvalue weighted by atomic mass is 10.2. The van der Waals surface area contributed by atoms with Gasteiger partial charge in [0.15, 0.2) is 29.8 Å². The molecule has 0 spiro atoms. The molecular formula is C13H15F3N7O+. The number of nitrogens with zero attached hydrogens (tertiary/aromatic N) is 3. The van der Waals surface area contributed by atoms with Crippen LogP contribution in [0.1, 0.15) is 5.82 Å². The molecule has 6 N–H and O–H groups in total. The quantitative estimate of drug-likeness (QED) is 0.523. The largest absolute Gasteiger partial charge is 0.368 e. The van der Waals surface area contributed by atoms with Gasteiger partial charge in [-0.25, -0.2) is 13.2 Å². The molecule has 1 aromatic carbocycles. The maximum absolute atomic E-state index is 13.5. The van der Waals surface area contributed by atoms with Gasteiger partial charge < -0.3 is 21.7 Å². The number of benzene rings is 1. The van der Waals surface area contributed by atoms with Gasteiger partial charge in [-0.05, 0) is 12.1 Å². The van der Waals surface area contributed by atoms with E-state index in [9.17, 15) is 18.0 Å². The van der Waals surface area contributed by atoms with Crippen LogP contribution in [0.5, 0.6) is 0 Å². The summed E-state index contributed by atoms with van der Waals surface area (Å²) >= 11 is 0. The van der Waals surface area contributed by atoms with Crippen LogP contribution in [0.3, 0.4) is 0 Å². The number of rotatable bonds is 5. The van der Waals surface area contributed by atoms with E-state index in [-0.39, 0.29) is 30.8 Å². The van der Waals surface area contributed by atoms with Crippen molar-refractivity contribution in [3.63, 3.8) is 0 Å². The fourth-order valence-electron chi connectivity index (χ4n) is 1.96. The molecular weight excluding hydrogens is 327 g/mol. The predicted octanol–water partition coefficient (Wildman–Crippen LogP) is -0.893. The summed E-state index contributed by atoms with van der Waals surface area (Å²) in [6.07, 6.45) is 0. The van der Waals surface area contributed by atoms with E-state index in [4.69, 9.17) is 11.5 Å². The first-order valence-electron chi connectivity index (χ1n) is 6.76. The first-order chi connectivity index (χ1) is 11.3. The molecule has 2 aromatic rings. The zero-order valence-corrected chi connectivity index (χ0v) is 12.6. The second kappa shape index (κ2) is 7.08. The summed E-state index contributed by atoms with van der Waals surface area (Å²) in [6.45, 7) is 0.0918. The highest BCUT2D eigenvalue weighted by Gasteiger charge is 2.18. The van der Waals surface area contributed by atoms with E-state index in [0.29, 0.717) is 4.90 Å². The third kappa shape index (κ3) is 4.29. The summed E-state index contributed by atoms with van der Waals surface area (Å²) in [5.74, 6) is -4.85. The summed E-state index contributed by atoms with van der Waals surface area (Å²) in [4.78, 5) is 23.9. The molecule has 128 valence electrons. The molecule has 0 radical (unpaired) electrons. The van der Waals surface area contributed by atoms with Crippen LogP contribution in [-0.2, 0) is 11.3 Å². The van der Waals surface area contributed by atoms with Crippen molar-refractivity contribution < 1.29 is 22.9 Å². The van der Waals surface area contributed by atoms with E-state index in [1.807, 2.05) is 0 Å². The fourth-order valence-corrected chi connectivity index (χ4v) is 1.96. The van der Waals surface area contributed by atoms with Crippen molar-refractivity contribution in [2.45, 2.75) is 6.54 Å². The average molecular weight is 342 g/mol. The Kier molecular flexibility index (Phi) is 5.14. The van der Waals surface area contributed by atoms with Crippen LogP contribution >= 0.6 is 0 Å². The van der Waals surface area contributed by atoms with Gasteiger partial charge in [-0.1, -0.05) is 0 Å². The number of hydrogen-bond acceptors (Lipinski definition) is 6. The monoisotopic (exact) mass is 342 g/mol. The lowest BCUT2D eigenvalue weighted by molar-refractivity contribution is -0.885. The van der Waals surface area contributed by atoms with Crippen molar-refractivity contribution in [1.82, 2.24) is 15.0 Å². The molecule has 0 saturated heterocycles. The number of halogens is 3. The van der Waals surface area contributed by atoms with Crippen molar-refractivity contribution in [2.75, 3.05) is 30.4 Å². The number of quaternary nitrogens is 1. The summed E-state index contributed by atoms with van der Waals surface area (Å²) in [5, 5.41) is 2.17. The highest BCUT2D eigenvalue weighted by atomic mass is 19.2. The number of likely N-dealkylation sites (N-methyl/N-ethyl adjacent to an activating group) is 1. The van der Waals surface area contributed by atoms with Gasteiger partial charge in [-0.2, -0.15) is 15.0 Å². The average Bonchev–Trinajstić information content (AvgIpc) is 2.46. The van der Waals surface area contributed by atoms with Gasteiger partial charge in [0.25, 0.3) is 5.91 Å². The van der Waals surface area contributed by atoms with Crippen LogP contribution in [0.2, 0.25) is 0 Å². The van der Waals surface area contributed by atoms with Gasteiger partial charge >= 0.3 is 0 Å². The van der Waals surface area contributed by atoms with E-state index in [1.165, 1.54) is 0 Å². The van der Waals surface area contributed by atoms with Crippen molar-refractivity contribution >= 4 is 23.5 Å². The molecule has 24 heavy (non-hydrogen) atoms. The van der Waals surface area contributed by atoms with E-state index in [1.54, 1.807) is 7.05 Å². The molecule has 0 aliphatic heterocycles. The predicted molar refractivity (Wildman–Crippen MR) is 79.1 cm³/mol. The second-order valence-electron chi connectivity index (χ2n) is 5.05. The lowest BCUT2D eigenvalue weighted by Crippen LogP contribution is -3.08. The number of carbonyl (C=O) groups excluding carboxylic acids is 1. The van der Waals surface area contributed by atoms with E-state index in [0.717, 1.165) is 12.1 Å². The number of anilines is 3. The van der Waals surface area contributed by atoms with Crippen LogP contribution in [0.15, 0.2) is 12.1 Å². The molecule has 0 bridgehead atoms. The lowest BCUT2D eigenvalue weighted by Gasteiger charge is -2.13. The third-order valence-corrected chi connectivity index (χ3v) is 2.95. The Hall–Kier alpha value is -2.95. The number of nitrogens with two attached hydrogens (primary N) is 2. The molecule has 1 unspecified atom stereocenters. The SMILES string of the molecule is C[NH+](CC(=O)Nc1ccc(F)c(F)c1F)Cc1nc(N)nc(N)n1. The molecule has 2 rings (SSSR count). The topological polar surface area (TPSA) is 124 Å². The van der Waals surface area contributed by atoms with Crippen LogP contribution in [0.25, 0.3) is 0 Å². The molecule has 8 nitrogen and oxygen atoms in total. The van der Waals surface area contributed by atoms with Gasteiger partial charge in [0.1, 0.15) is 6.54 Å². The smallest absolute Gasteiger partial charge is 0.279 e. The fraction of sp³-hybridized carbons (Fsp3) is 0.231. The summed E-state index contributed by atoms with van der Waals surface area (Å²) in [5.41, 5.74) is 10.4. The van der Waals surface area contributed by atoms with Gasteiger partial charge in [0, 0.05) is 0 Å². The minimum Gasteiger partial charge on any atom is -0.368 e. The third-order valence-electron chi connectivity index (χ3n) is 2.95. The molecule has 0 aliphatic carbocycles. The Balaban J connectivity index is 1.98. The second-order valence-corrected chi connectivity index (χ2v) is 5.05. The minimum atomic E-state index is -1.65. The molecule has 1 aromatic heterocycles. The van der Waals surface area contributed by atoms with Crippen LogP contribution in [0.4, 0.5) is 30.8 Å². The Morgan fingerprint density at radius 2 is 1.75 bits per heavy atom. The Bertz CT molecular complexity index is 751. The molecule has 1 heterocycles. The van der Waals surface area contributed by atoms with Gasteiger partial charge in [0.2, 0.25) is 11.9 Å². The minimum absolute atomic E-state index is 0.0430. The highest BCUT2D eigenvalue weighted by molar-refractivity contribution is 5.91. The van der Waals surface area contributed by atoms with Crippen LogP contribution < -0.4 is 21.7 Å². The highest BCUT2D eigenvalue weighted by Crippen LogP contribution is 2.19. The zero-order valence-electron chi connectivity index (χ0n) is 12.6. The first kappa shape index (κ1) is 17.4. The van der Waals surface area contributed by atoms with E-state index >= 15 is 0 Å². The Morgan fingerprint density at radius 3 is 2.38 bits per heavy atom. The number of nitrogens with one attached hydrogen (secondary N) is 2. The number of amides is 1. The summed E-state index contributed by atoms with van der Waals surface area (Å²) in [6, 6.07) is 1.66. The van der Waals surface area contributed by atoms with Gasteiger partial charge in [0.05, 0.1) is 12.7 Å². The van der Waals surface area contributed by atoms with Crippen molar-refractivity contribution in [3.05, 3.63) is 35.4 Å². The van der Waals surface area contributed by atoms with E-state index < -0.39 is 29.0 Å². The Labute approximate surface area is 134 Å². The van der Waals surface area contributed by atoms with E-state index in [2.05, 4.69) is 20.3 Å². The molecule has 1 amide bonds. The van der Waals surface area contributed by atoms with Crippen LogP contribution in [-0.4, -0.2) is 34.5 Å². The molecule has 0 aliphatic rings.